The van der Waals surface area contributed by atoms with Crippen molar-refractivity contribution in [2.75, 3.05) is 36.0 Å². The molecule has 0 aromatic carbocycles. The Morgan fingerprint density at radius 3 is 2.67 bits per heavy atom. The van der Waals surface area contributed by atoms with Crippen molar-refractivity contribution in [3.8, 4) is 0 Å². The summed E-state index contributed by atoms with van der Waals surface area (Å²) < 4.78 is 14.0. The van der Waals surface area contributed by atoms with Crippen LogP contribution in [0.4, 0.5) is 16.2 Å². The van der Waals surface area contributed by atoms with Crippen LogP contribution in [-0.4, -0.2) is 51.1 Å². The second-order valence-electron chi connectivity index (χ2n) is 6.93. The number of aromatic amines is 1. The second kappa shape index (κ2) is 6.26. The minimum absolute atomic E-state index is 0.0910. The summed E-state index contributed by atoms with van der Waals surface area (Å²) in [4.78, 5) is 35.9. The van der Waals surface area contributed by atoms with Gasteiger partial charge in [0.25, 0.3) is 5.56 Å². The number of pyridine rings is 1. The summed E-state index contributed by atoms with van der Waals surface area (Å²) in [5, 5.41) is 0.963. The van der Waals surface area contributed by atoms with Crippen molar-refractivity contribution in [2.24, 2.45) is 0 Å². The molecule has 3 aromatic heterocycles. The Morgan fingerprint density at radius 1 is 1.11 bits per heavy atom. The molecule has 0 radical (unpaired) electrons. The number of hydrogen-bond donors (Lipinski definition) is 1. The first-order valence-corrected chi connectivity index (χ1v) is 9.05. The van der Waals surface area contributed by atoms with E-state index in [1.807, 2.05) is 11.0 Å². The van der Waals surface area contributed by atoms with Gasteiger partial charge in [0, 0.05) is 43.7 Å². The van der Waals surface area contributed by atoms with Crippen LogP contribution in [0.15, 0.2) is 29.6 Å². The molecule has 1 aliphatic heterocycles. The summed E-state index contributed by atoms with van der Waals surface area (Å²) in [6.07, 6.45) is 6.81. The number of rotatable bonds is 3. The van der Waals surface area contributed by atoms with Crippen molar-refractivity contribution in [2.45, 2.75) is 18.8 Å². The molecule has 4 heterocycles. The molecule has 8 nitrogen and oxygen atoms in total. The summed E-state index contributed by atoms with van der Waals surface area (Å²) in [6.45, 7) is 2.76. The highest BCUT2D eigenvalue weighted by atomic mass is 19.1. The number of halogens is 1. The summed E-state index contributed by atoms with van der Waals surface area (Å²) in [5.74, 6) is 0.690. The van der Waals surface area contributed by atoms with E-state index in [2.05, 4.69) is 29.8 Å². The fourth-order valence-corrected chi connectivity index (χ4v) is 3.52. The number of fused-ring (bicyclic) bond motifs is 1. The lowest BCUT2D eigenvalue weighted by Gasteiger charge is -2.36. The highest BCUT2D eigenvalue weighted by Crippen LogP contribution is 2.39. The zero-order valence-electron chi connectivity index (χ0n) is 14.6. The van der Waals surface area contributed by atoms with Crippen molar-refractivity contribution in [1.29, 1.82) is 0 Å². The van der Waals surface area contributed by atoms with E-state index < -0.39 is 11.4 Å². The van der Waals surface area contributed by atoms with E-state index in [1.54, 1.807) is 18.7 Å². The van der Waals surface area contributed by atoms with Crippen LogP contribution in [0.3, 0.4) is 0 Å². The minimum atomic E-state index is -0.735. The topological polar surface area (TPSA) is 90.9 Å². The van der Waals surface area contributed by atoms with Gasteiger partial charge in [-0.05, 0) is 18.9 Å². The van der Waals surface area contributed by atoms with Gasteiger partial charge in [-0.2, -0.15) is 4.39 Å². The molecular weight excluding hydrogens is 349 g/mol. The Labute approximate surface area is 154 Å². The number of hydrogen-bond acceptors (Lipinski definition) is 7. The molecule has 0 unspecified atom stereocenters. The van der Waals surface area contributed by atoms with E-state index in [9.17, 15) is 9.18 Å². The van der Waals surface area contributed by atoms with Crippen LogP contribution in [0.5, 0.6) is 0 Å². The summed E-state index contributed by atoms with van der Waals surface area (Å²) in [7, 11) is 0. The standard InChI is InChI=1S/C18H18FN7O/c19-14-15(11-1-2-11)23-18(24-17(14)27)26-7-5-25(6-8-26)16-12-3-4-20-9-13(12)21-10-22-16/h3-4,9-11H,1-2,5-8H2,(H,23,24,27). The smallest absolute Gasteiger partial charge is 0.288 e. The van der Waals surface area contributed by atoms with E-state index in [-0.39, 0.29) is 5.92 Å². The number of aromatic nitrogens is 5. The average molecular weight is 367 g/mol. The first-order chi connectivity index (χ1) is 13.2. The predicted octanol–water partition coefficient (Wildman–Crippen LogP) is 1.45. The van der Waals surface area contributed by atoms with Gasteiger partial charge in [0.1, 0.15) is 12.1 Å². The third-order valence-electron chi connectivity index (χ3n) is 5.14. The van der Waals surface area contributed by atoms with Crippen LogP contribution < -0.4 is 15.4 Å². The molecule has 5 rings (SSSR count). The van der Waals surface area contributed by atoms with Crippen molar-refractivity contribution in [3.05, 3.63) is 46.7 Å². The van der Waals surface area contributed by atoms with E-state index >= 15 is 0 Å². The summed E-state index contributed by atoms with van der Waals surface area (Å²) in [6, 6.07) is 1.91. The van der Waals surface area contributed by atoms with Crippen molar-refractivity contribution in [3.63, 3.8) is 0 Å². The summed E-state index contributed by atoms with van der Waals surface area (Å²) >= 11 is 0. The fraction of sp³-hybridized carbons (Fsp3) is 0.389. The SMILES string of the molecule is O=c1[nH]c(N2CCN(c3ncnc4cnccc34)CC2)nc(C2CC2)c1F. The van der Waals surface area contributed by atoms with Gasteiger partial charge in [0.15, 0.2) is 0 Å². The molecule has 0 bridgehead atoms. The largest absolute Gasteiger partial charge is 0.352 e. The average Bonchev–Trinajstić information content (AvgIpc) is 3.55. The molecule has 1 N–H and O–H groups in total. The quantitative estimate of drug-likeness (QED) is 0.749. The number of anilines is 2. The minimum Gasteiger partial charge on any atom is -0.352 e. The van der Waals surface area contributed by atoms with Crippen LogP contribution in [-0.2, 0) is 0 Å². The molecule has 3 aromatic rings. The Morgan fingerprint density at radius 2 is 1.89 bits per heavy atom. The van der Waals surface area contributed by atoms with Crippen molar-refractivity contribution in [1.82, 2.24) is 24.9 Å². The van der Waals surface area contributed by atoms with Crippen molar-refractivity contribution < 1.29 is 4.39 Å². The van der Waals surface area contributed by atoms with E-state index in [4.69, 9.17) is 0 Å². The van der Waals surface area contributed by atoms with Crippen LogP contribution in [0.2, 0.25) is 0 Å². The Balaban J connectivity index is 1.38. The number of nitrogens with zero attached hydrogens (tertiary/aromatic N) is 6. The third-order valence-corrected chi connectivity index (χ3v) is 5.14. The first kappa shape index (κ1) is 16.1. The van der Waals surface area contributed by atoms with Crippen LogP contribution >= 0.6 is 0 Å². The van der Waals surface area contributed by atoms with Gasteiger partial charge in [-0.1, -0.05) is 0 Å². The Kier molecular flexibility index (Phi) is 3.73. The van der Waals surface area contributed by atoms with Gasteiger partial charge < -0.3 is 9.80 Å². The Hall–Kier alpha value is -3.10. The molecule has 1 saturated heterocycles. The normalized spacial score (nSPS) is 17.5. The van der Waals surface area contributed by atoms with E-state index in [1.165, 1.54) is 0 Å². The van der Waals surface area contributed by atoms with Gasteiger partial charge in [-0.3, -0.25) is 14.8 Å². The van der Waals surface area contributed by atoms with Crippen LogP contribution in [0.1, 0.15) is 24.5 Å². The molecule has 9 heteroatoms. The van der Waals surface area contributed by atoms with E-state index in [0.29, 0.717) is 37.8 Å². The monoisotopic (exact) mass is 367 g/mol. The molecule has 0 atom stereocenters. The Bertz CT molecular complexity index is 1050. The number of H-pyrrole nitrogens is 1. The third kappa shape index (κ3) is 2.88. The van der Waals surface area contributed by atoms with Crippen molar-refractivity contribution >= 4 is 22.7 Å². The number of nitrogens with one attached hydrogen (secondary N) is 1. The molecule has 27 heavy (non-hydrogen) atoms. The van der Waals surface area contributed by atoms with Gasteiger partial charge in [0.2, 0.25) is 11.8 Å². The number of piperazine rings is 1. The molecule has 1 saturated carbocycles. The zero-order valence-corrected chi connectivity index (χ0v) is 14.6. The van der Waals surface area contributed by atoms with Crippen LogP contribution in [0.25, 0.3) is 10.9 Å². The zero-order chi connectivity index (χ0) is 18.4. The fourth-order valence-electron chi connectivity index (χ4n) is 3.52. The van der Waals surface area contributed by atoms with Gasteiger partial charge in [-0.15, -0.1) is 0 Å². The second-order valence-corrected chi connectivity index (χ2v) is 6.93. The van der Waals surface area contributed by atoms with Crippen LogP contribution in [0, 0.1) is 5.82 Å². The molecule has 2 fully saturated rings. The van der Waals surface area contributed by atoms with E-state index in [0.717, 1.165) is 29.6 Å². The van der Waals surface area contributed by atoms with Gasteiger partial charge in [-0.25, -0.2) is 15.0 Å². The molecular formula is C18H18FN7O. The molecule has 2 aliphatic rings. The molecule has 1 aliphatic carbocycles. The summed E-state index contributed by atoms with van der Waals surface area (Å²) in [5.41, 5.74) is 0.438. The molecule has 0 amide bonds. The maximum atomic E-state index is 14.0. The first-order valence-electron chi connectivity index (χ1n) is 9.05. The maximum absolute atomic E-state index is 14.0. The van der Waals surface area contributed by atoms with Gasteiger partial charge in [0.05, 0.1) is 17.4 Å². The molecule has 0 spiro atoms. The highest BCUT2D eigenvalue weighted by Gasteiger charge is 2.31. The lowest BCUT2D eigenvalue weighted by Crippen LogP contribution is -2.48. The molecule has 138 valence electrons. The predicted molar refractivity (Wildman–Crippen MR) is 98.5 cm³/mol. The lowest BCUT2D eigenvalue weighted by atomic mass is 10.2. The van der Waals surface area contributed by atoms with Gasteiger partial charge >= 0.3 is 0 Å². The maximum Gasteiger partial charge on any atom is 0.288 e. The highest BCUT2D eigenvalue weighted by molar-refractivity contribution is 5.88. The lowest BCUT2D eigenvalue weighted by molar-refractivity contribution is 0.570.